The Balaban J connectivity index is 2.01. The van der Waals surface area contributed by atoms with Gasteiger partial charge in [-0.25, -0.2) is 0 Å². The zero-order chi connectivity index (χ0) is 13.3. The fourth-order valence-corrected chi connectivity index (χ4v) is 3.49. The molecule has 4 nitrogen and oxygen atoms in total. The van der Waals surface area contributed by atoms with E-state index in [1.165, 1.54) is 0 Å². The van der Waals surface area contributed by atoms with Crippen LogP contribution < -0.4 is 5.73 Å². The Morgan fingerprint density at radius 2 is 2.00 bits per heavy atom. The second-order valence-corrected chi connectivity index (χ2v) is 6.32. The van der Waals surface area contributed by atoms with E-state index in [2.05, 4.69) is 6.92 Å². The Labute approximate surface area is 114 Å². The van der Waals surface area contributed by atoms with Crippen LogP contribution in [0.25, 0.3) is 0 Å². The summed E-state index contributed by atoms with van der Waals surface area (Å²) in [6, 6.07) is 0. The van der Waals surface area contributed by atoms with Crippen LogP contribution in [0.2, 0.25) is 0 Å². The van der Waals surface area contributed by atoms with Gasteiger partial charge in [0.1, 0.15) is 0 Å². The highest BCUT2D eigenvalue weighted by Crippen LogP contribution is 2.47. The lowest BCUT2D eigenvalue weighted by atomic mass is 9.61. The van der Waals surface area contributed by atoms with Crippen molar-refractivity contribution in [3.63, 3.8) is 0 Å². The van der Waals surface area contributed by atoms with Crippen LogP contribution in [0.5, 0.6) is 0 Å². The van der Waals surface area contributed by atoms with E-state index >= 15 is 0 Å². The van der Waals surface area contributed by atoms with E-state index in [9.17, 15) is 4.79 Å². The number of carbonyl (C=O) groups is 1. The van der Waals surface area contributed by atoms with Gasteiger partial charge in [-0.15, -0.1) is 0 Å². The summed E-state index contributed by atoms with van der Waals surface area (Å²) in [6.07, 6.45) is 3.35. The third kappa shape index (κ3) is 2.26. The Bertz CT molecular complexity index is 345. The van der Waals surface area contributed by atoms with Crippen LogP contribution in [-0.2, 0) is 4.79 Å². The maximum Gasteiger partial charge on any atom is 0.235 e. The molecule has 5 heteroatoms. The zero-order valence-corrected chi connectivity index (χ0v) is 11.7. The van der Waals surface area contributed by atoms with E-state index in [0.717, 1.165) is 38.8 Å². The number of aliphatic hydroxyl groups is 1. The van der Waals surface area contributed by atoms with Crippen molar-refractivity contribution in [2.45, 2.75) is 32.6 Å². The first-order valence-corrected chi connectivity index (χ1v) is 7.10. The minimum absolute atomic E-state index is 0.115. The smallest absolute Gasteiger partial charge is 0.235 e. The SMILES string of the molecule is CC1CC(C(=O)N2CCC(CO)CC2)(C(N)=S)C1. The lowest BCUT2D eigenvalue weighted by Gasteiger charge is -2.47. The second kappa shape index (κ2) is 5.13. The average Bonchev–Trinajstić information content (AvgIpc) is 2.33. The topological polar surface area (TPSA) is 66.6 Å². The number of nitrogens with two attached hydrogens (primary N) is 1. The predicted octanol–water partition coefficient (Wildman–Crippen LogP) is 0.920. The molecule has 2 aliphatic rings. The Kier molecular flexibility index (Phi) is 3.92. The van der Waals surface area contributed by atoms with Crippen LogP contribution in [0.15, 0.2) is 0 Å². The van der Waals surface area contributed by atoms with Crippen molar-refractivity contribution in [3.8, 4) is 0 Å². The van der Waals surface area contributed by atoms with Crippen LogP contribution in [0.1, 0.15) is 32.6 Å². The van der Waals surface area contributed by atoms with Gasteiger partial charge in [0.15, 0.2) is 0 Å². The molecular weight excluding hydrogens is 248 g/mol. The van der Waals surface area contributed by atoms with Gasteiger partial charge < -0.3 is 15.7 Å². The Morgan fingerprint density at radius 3 is 2.39 bits per heavy atom. The van der Waals surface area contributed by atoms with Crippen molar-refractivity contribution in [3.05, 3.63) is 0 Å². The third-order valence-electron chi connectivity index (χ3n) is 4.43. The molecule has 0 atom stereocenters. The van der Waals surface area contributed by atoms with Gasteiger partial charge >= 0.3 is 0 Å². The highest BCUT2D eigenvalue weighted by molar-refractivity contribution is 7.80. The summed E-state index contributed by atoms with van der Waals surface area (Å²) in [6.45, 7) is 3.80. The number of thiocarbonyl (C=S) groups is 1. The molecule has 0 bridgehead atoms. The average molecular weight is 270 g/mol. The van der Waals surface area contributed by atoms with E-state index in [0.29, 0.717) is 16.8 Å². The molecule has 3 N–H and O–H groups in total. The van der Waals surface area contributed by atoms with Crippen LogP contribution in [0, 0.1) is 17.3 Å². The lowest BCUT2D eigenvalue weighted by molar-refractivity contribution is -0.145. The Hall–Kier alpha value is -0.680. The summed E-state index contributed by atoms with van der Waals surface area (Å²) in [7, 11) is 0. The molecular formula is C13H22N2O2S. The van der Waals surface area contributed by atoms with Gasteiger partial charge in [-0.2, -0.15) is 0 Å². The minimum atomic E-state index is -0.569. The largest absolute Gasteiger partial charge is 0.396 e. The first-order valence-electron chi connectivity index (χ1n) is 6.69. The first kappa shape index (κ1) is 13.7. The molecule has 102 valence electrons. The third-order valence-corrected chi connectivity index (χ3v) is 4.83. The molecule has 2 fully saturated rings. The molecule has 1 amide bonds. The number of carbonyl (C=O) groups excluding carboxylic acids is 1. The van der Waals surface area contributed by atoms with Crippen molar-refractivity contribution in [1.82, 2.24) is 4.90 Å². The number of aliphatic hydroxyl groups excluding tert-OH is 1. The predicted molar refractivity (Wildman–Crippen MR) is 74.0 cm³/mol. The molecule has 0 aromatic heterocycles. The number of nitrogens with zero attached hydrogens (tertiary/aromatic N) is 1. The molecule has 1 aliphatic carbocycles. The number of likely N-dealkylation sites (tertiary alicyclic amines) is 1. The number of piperidine rings is 1. The van der Waals surface area contributed by atoms with Crippen molar-refractivity contribution >= 4 is 23.1 Å². The van der Waals surface area contributed by atoms with E-state index < -0.39 is 5.41 Å². The molecule has 2 rings (SSSR count). The summed E-state index contributed by atoms with van der Waals surface area (Å²) in [5, 5.41) is 9.11. The van der Waals surface area contributed by atoms with Gasteiger partial charge in [-0.05, 0) is 37.5 Å². The molecule has 0 unspecified atom stereocenters. The molecule has 1 saturated carbocycles. The molecule has 0 aromatic rings. The minimum Gasteiger partial charge on any atom is -0.396 e. The normalized spacial score (nSPS) is 33.0. The molecule has 0 radical (unpaired) electrons. The van der Waals surface area contributed by atoms with E-state index in [4.69, 9.17) is 23.1 Å². The molecule has 1 aliphatic heterocycles. The maximum atomic E-state index is 12.6. The summed E-state index contributed by atoms with van der Waals surface area (Å²) in [5.74, 6) is 0.991. The van der Waals surface area contributed by atoms with Gasteiger partial charge in [0.2, 0.25) is 5.91 Å². The van der Waals surface area contributed by atoms with Crippen molar-refractivity contribution in [2.75, 3.05) is 19.7 Å². The second-order valence-electron chi connectivity index (χ2n) is 5.88. The van der Waals surface area contributed by atoms with Crippen LogP contribution in [0.3, 0.4) is 0 Å². The monoisotopic (exact) mass is 270 g/mol. The van der Waals surface area contributed by atoms with Crippen molar-refractivity contribution in [2.24, 2.45) is 23.0 Å². The fraction of sp³-hybridized carbons (Fsp3) is 0.846. The zero-order valence-electron chi connectivity index (χ0n) is 10.9. The van der Waals surface area contributed by atoms with Gasteiger partial charge in [-0.1, -0.05) is 19.1 Å². The number of amides is 1. The van der Waals surface area contributed by atoms with Crippen molar-refractivity contribution in [1.29, 1.82) is 0 Å². The lowest BCUT2D eigenvalue weighted by Crippen LogP contribution is -2.58. The standard InChI is InChI=1S/C13H22N2O2S/c1-9-6-13(7-9,11(14)18)12(17)15-4-2-10(8-16)3-5-15/h9-10,16H,2-8H2,1H3,(H2,14,18). The molecule has 1 saturated heterocycles. The summed E-state index contributed by atoms with van der Waals surface area (Å²) in [5.41, 5.74) is 5.23. The number of rotatable bonds is 3. The number of hydrogen-bond donors (Lipinski definition) is 2. The van der Waals surface area contributed by atoms with Crippen LogP contribution in [-0.4, -0.2) is 40.6 Å². The molecule has 18 heavy (non-hydrogen) atoms. The van der Waals surface area contributed by atoms with E-state index in [-0.39, 0.29) is 12.5 Å². The van der Waals surface area contributed by atoms with Crippen molar-refractivity contribution < 1.29 is 9.90 Å². The van der Waals surface area contributed by atoms with Crippen LogP contribution in [0.4, 0.5) is 0 Å². The van der Waals surface area contributed by atoms with E-state index in [1.54, 1.807) is 0 Å². The summed E-state index contributed by atoms with van der Waals surface area (Å²) >= 11 is 5.12. The van der Waals surface area contributed by atoms with E-state index in [1.807, 2.05) is 4.90 Å². The highest BCUT2D eigenvalue weighted by atomic mass is 32.1. The van der Waals surface area contributed by atoms with Crippen LogP contribution >= 0.6 is 12.2 Å². The molecule has 0 aromatic carbocycles. The molecule has 0 spiro atoms. The van der Waals surface area contributed by atoms with Gasteiger partial charge in [0, 0.05) is 19.7 Å². The molecule has 1 heterocycles. The maximum absolute atomic E-state index is 12.6. The van der Waals surface area contributed by atoms with Gasteiger partial charge in [-0.3, -0.25) is 4.79 Å². The quantitative estimate of drug-likeness (QED) is 0.748. The van der Waals surface area contributed by atoms with Gasteiger partial charge in [0.25, 0.3) is 0 Å². The summed E-state index contributed by atoms with van der Waals surface area (Å²) < 4.78 is 0. The fourth-order valence-electron chi connectivity index (χ4n) is 3.23. The highest BCUT2D eigenvalue weighted by Gasteiger charge is 2.52. The summed E-state index contributed by atoms with van der Waals surface area (Å²) in [4.78, 5) is 14.8. The first-order chi connectivity index (χ1) is 8.49. The Morgan fingerprint density at radius 1 is 1.44 bits per heavy atom. The van der Waals surface area contributed by atoms with Gasteiger partial charge in [0.05, 0.1) is 10.4 Å². The number of hydrogen-bond acceptors (Lipinski definition) is 3.